The first-order valence-corrected chi connectivity index (χ1v) is 5.66. The van der Waals surface area contributed by atoms with E-state index >= 15 is 0 Å². The zero-order valence-electron chi connectivity index (χ0n) is 10.4. The van der Waals surface area contributed by atoms with Gasteiger partial charge in [0.15, 0.2) is 0 Å². The molecule has 4 nitrogen and oxygen atoms in total. The normalized spacial score (nSPS) is 14.1. The highest BCUT2D eigenvalue weighted by Crippen LogP contribution is 2.18. The maximum Gasteiger partial charge on any atom is 0.255 e. The van der Waals surface area contributed by atoms with Crippen LogP contribution < -0.4 is 5.32 Å². The van der Waals surface area contributed by atoms with E-state index in [0.29, 0.717) is 6.42 Å². The van der Waals surface area contributed by atoms with Gasteiger partial charge in [-0.05, 0) is 38.0 Å². The summed E-state index contributed by atoms with van der Waals surface area (Å²) in [6, 6.07) is 4.86. The molecule has 0 fully saturated rings. The number of phenolic OH excluding ortho intramolecular Hbond substituents is 1. The molecule has 0 bridgehead atoms. The second kappa shape index (κ2) is 5.19. The highest BCUT2D eigenvalue weighted by atomic mass is 16.3. The van der Waals surface area contributed by atoms with Gasteiger partial charge in [0.25, 0.3) is 5.91 Å². The lowest BCUT2D eigenvalue weighted by Gasteiger charge is -2.21. The zero-order valence-corrected chi connectivity index (χ0v) is 10.4. The van der Waals surface area contributed by atoms with Gasteiger partial charge in [0, 0.05) is 6.54 Å². The van der Waals surface area contributed by atoms with E-state index < -0.39 is 5.60 Å². The van der Waals surface area contributed by atoms with Gasteiger partial charge in [0.1, 0.15) is 5.75 Å². The highest BCUT2D eigenvalue weighted by Gasteiger charge is 2.19. The van der Waals surface area contributed by atoms with Gasteiger partial charge in [0.05, 0.1) is 11.2 Å². The zero-order chi connectivity index (χ0) is 13.1. The Hall–Kier alpha value is -1.55. The molecule has 0 saturated carbocycles. The second-order valence-electron chi connectivity index (χ2n) is 4.55. The number of amides is 1. The number of hydrogen-bond acceptors (Lipinski definition) is 3. The maximum atomic E-state index is 11.8. The number of rotatable bonds is 4. The average Bonchev–Trinajstić information content (AvgIpc) is 2.26. The number of benzene rings is 1. The SMILES string of the molecule is CCC(C)(O)CNC(=O)c1ccc(C)cc1O. The lowest BCUT2D eigenvalue weighted by molar-refractivity contribution is 0.0517. The van der Waals surface area contributed by atoms with Crippen LogP contribution in [0.1, 0.15) is 36.2 Å². The molecule has 4 heteroatoms. The number of aliphatic hydroxyl groups is 1. The molecule has 1 rings (SSSR count). The molecule has 0 aromatic heterocycles. The minimum absolute atomic E-state index is 0.0429. The van der Waals surface area contributed by atoms with Crippen LogP contribution in [-0.4, -0.2) is 28.3 Å². The lowest BCUT2D eigenvalue weighted by atomic mass is 10.0. The van der Waals surface area contributed by atoms with Crippen molar-refractivity contribution in [1.82, 2.24) is 5.32 Å². The predicted octanol–water partition coefficient (Wildman–Crippen LogP) is 1.59. The molecule has 0 aliphatic rings. The molecule has 1 aromatic carbocycles. The van der Waals surface area contributed by atoms with Crippen molar-refractivity contribution in [3.05, 3.63) is 29.3 Å². The van der Waals surface area contributed by atoms with Crippen molar-refractivity contribution in [3.8, 4) is 5.75 Å². The Kier molecular flexibility index (Phi) is 4.12. The van der Waals surface area contributed by atoms with Crippen molar-refractivity contribution in [2.24, 2.45) is 0 Å². The van der Waals surface area contributed by atoms with E-state index in [1.807, 2.05) is 13.8 Å². The van der Waals surface area contributed by atoms with Crippen molar-refractivity contribution in [1.29, 1.82) is 0 Å². The largest absolute Gasteiger partial charge is 0.507 e. The van der Waals surface area contributed by atoms with Gasteiger partial charge in [-0.1, -0.05) is 13.0 Å². The van der Waals surface area contributed by atoms with E-state index in [-0.39, 0.29) is 23.8 Å². The summed E-state index contributed by atoms with van der Waals surface area (Å²) in [5, 5.41) is 22.0. The Balaban J connectivity index is 2.71. The fourth-order valence-electron chi connectivity index (χ4n) is 1.32. The first-order chi connectivity index (χ1) is 7.85. The topological polar surface area (TPSA) is 69.6 Å². The Labute approximate surface area is 101 Å². The molecular weight excluding hydrogens is 218 g/mol. The molecule has 0 aliphatic carbocycles. The van der Waals surface area contributed by atoms with Gasteiger partial charge in [-0.25, -0.2) is 0 Å². The van der Waals surface area contributed by atoms with Crippen LogP contribution in [0.3, 0.4) is 0 Å². The van der Waals surface area contributed by atoms with Gasteiger partial charge in [-0.2, -0.15) is 0 Å². The quantitative estimate of drug-likeness (QED) is 0.744. The molecule has 94 valence electrons. The number of nitrogens with one attached hydrogen (secondary N) is 1. The Morgan fingerprint density at radius 1 is 1.47 bits per heavy atom. The average molecular weight is 237 g/mol. The minimum Gasteiger partial charge on any atom is -0.507 e. The summed E-state index contributed by atoms with van der Waals surface area (Å²) in [7, 11) is 0. The van der Waals surface area contributed by atoms with E-state index in [9.17, 15) is 15.0 Å². The summed E-state index contributed by atoms with van der Waals surface area (Å²) in [6.07, 6.45) is 0.549. The van der Waals surface area contributed by atoms with Crippen molar-refractivity contribution >= 4 is 5.91 Å². The van der Waals surface area contributed by atoms with Crippen LogP contribution >= 0.6 is 0 Å². The van der Waals surface area contributed by atoms with Crippen LogP contribution in [0, 0.1) is 6.92 Å². The fraction of sp³-hybridized carbons (Fsp3) is 0.462. The number of carbonyl (C=O) groups is 1. The first-order valence-electron chi connectivity index (χ1n) is 5.66. The van der Waals surface area contributed by atoms with Crippen molar-refractivity contribution in [3.63, 3.8) is 0 Å². The van der Waals surface area contributed by atoms with Crippen LogP contribution in [0.4, 0.5) is 0 Å². The lowest BCUT2D eigenvalue weighted by Crippen LogP contribution is -2.40. The Morgan fingerprint density at radius 3 is 2.65 bits per heavy atom. The molecule has 1 aromatic rings. The number of aromatic hydroxyl groups is 1. The summed E-state index contributed by atoms with van der Waals surface area (Å²) >= 11 is 0. The summed E-state index contributed by atoms with van der Waals surface area (Å²) in [5.74, 6) is -0.421. The van der Waals surface area contributed by atoms with Crippen LogP contribution in [0.15, 0.2) is 18.2 Å². The third-order valence-corrected chi connectivity index (χ3v) is 2.79. The second-order valence-corrected chi connectivity index (χ2v) is 4.55. The predicted molar refractivity (Wildman–Crippen MR) is 66.1 cm³/mol. The van der Waals surface area contributed by atoms with Crippen LogP contribution in [0.25, 0.3) is 0 Å². The Bertz CT molecular complexity index is 413. The van der Waals surface area contributed by atoms with Crippen LogP contribution in [-0.2, 0) is 0 Å². The van der Waals surface area contributed by atoms with Gasteiger partial charge in [0.2, 0.25) is 0 Å². The summed E-state index contributed by atoms with van der Waals surface area (Å²) < 4.78 is 0. The molecule has 0 radical (unpaired) electrons. The van der Waals surface area contributed by atoms with Crippen LogP contribution in [0.5, 0.6) is 5.75 Å². The summed E-state index contributed by atoms with van der Waals surface area (Å²) in [4.78, 5) is 11.8. The van der Waals surface area contributed by atoms with Gasteiger partial charge >= 0.3 is 0 Å². The molecule has 17 heavy (non-hydrogen) atoms. The van der Waals surface area contributed by atoms with Crippen LogP contribution in [0.2, 0.25) is 0 Å². The fourth-order valence-corrected chi connectivity index (χ4v) is 1.32. The molecule has 3 N–H and O–H groups in total. The summed E-state index contributed by atoms with van der Waals surface area (Å²) in [5.41, 5.74) is 0.192. The monoisotopic (exact) mass is 237 g/mol. The van der Waals surface area contributed by atoms with E-state index in [0.717, 1.165) is 5.56 Å². The van der Waals surface area contributed by atoms with Crippen molar-refractivity contribution in [2.45, 2.75) is 32.8 Å². The molecule has 0 saturated heterocycles. The number of carbonyl (C=O) groups excluding carboxylic acids is 1. The molecule has 0 heterocycles. The molecular formula is C13H19NO3. The van der Waals surface area contributed by atoms with E-state index in [2.05, 4.69) is 5.32 Å². The standard InChI is InChI=1S/C13H19NO3/c1-4-13(3,17)8-14-12(16)10-6-5-9(2)7-11(10)15/h5-7,15,17H,4,8H2,1-3H3,(H,14,16). The van der Waals surface area contributed by atoms with E-state index in [1.54, 1.807) is 19.1 Å². The first kappa shape index (κ1) is 13.5. The minimum atomic E-state index is -0.921. The van der Waals surface area contributed by atoms with Crippen molar-refractivity contribution < 1.29 is 15.0 Å². The number of aryl methyl sites for hydroxylation is 1. The van der Waals surface area contributed by atoms with E-state index in [4.69, 9.17) is 0 Å². The molecule has 1 atom stereocenters. The van der Waals surface area contributed by atoms with Crippen molar-refractivity contribution in [2.75, 3.05) is 6.54 Å². The van der Waals surface area contributed by atoms with Gasteiger partial charge < -0.3 is 15.5 Å². The highest BCUT2D eigenvalue weighted by molar-refractivity contribution is 5.96. The molecule has 0 spiro atoms. The van der Waals surface area contributed by atoms with Gasteiger partial charge in [-0.3, -0.25) is 4.79 Å². The maximum absolute atomic E-state index is 11.8. The van der Waals surface area contributed by atoms with Gasteiger partial charge in [-0.15, -0.1) is 0 Å². The van der Waals surface area contributed by atoms with E-state index in [1.165, 1.54) is 6.07 Å². The Morgan fingerprint density at radius 2 is 2.12 bits per heavy atom. The smallest absolute Gasteiger partial charge is 0.255 e. The third kappa shape index (κ3) is 3.75. The number of phenols is 1. The number of hydrogen-bond donors (Lipinski definition) is 3. The molecule has 1 amide bonds. The summed E-state index contributed by atoms with van der Waals surface area (Å²) in [6.45, 7) is 5.50. The molecule has 1 unspecified atom stereocenters. The third-order valence-electron chi connectivity index (χ3n) is 2.79. The molecule has 0 aliphatic heterocycles.